The molecule has 0 atom stereocenters. The Morgan fingerprint density at radius 1 is 1.12 bits per heavy atom. The molecule has 160 valence electrons. The van der Waals surface area contributed by atoms with Crippen molar-refractivity contribution < 1.29 is 9.59 Å². The molecule has 0 saturated heterocycles. The third-order valence-electron chi connectivity index (χ3n) is 5.80. The van der Waals surface area contributed by atoms with E-state index >= 15 is 0 Å². The van der Waals surface area contributed by atoms with Crippen LogP contribution >= 0.6 is 0 Å². The molecule has 2 aliphatic carbocycles. The van der Waals surface area contributed by atoms with Gasteiger partial charge in [-0.25, -0.2) is 0 Å². The lowest BCUT2D eigenvalue weighted by atomic mass is 9.91. The molecule has 0 bridgehead atoms. The summed E-state index contributed by atoms with van der Waals surface area (Å²) in [5, 5.41) is 16.1. The van der Waals surface area contributed by atoms with Crippen molar-refractivity contribution in [3.8, 4) is 6.07 Å². The Morgan fingerprint density at radius 2 is 1.94 bits per heavy atom. The Hall–Kier alpha value is -4.50. The normalized spacial score (nSPS) is 14.6. The van der Waals surface area contributed by atoms with Gasteiger partial charge in [0.2, 0.25) is 0 Å². The van der Waals surface area contributed by atoms with Crippen LogP contribution in [0, 0.1) is 11.3 Å². The van der Waals surface area contributed by atoms with Gasteiger partial charge in [0.1, 0.15) is 0 Å². The zero-order chi connectivity index (χ0) is 22.8. The van der Waals surface area contributed by atoms with E-state index in [-0.39, 0.29) is 18.1 Å². The number of fused-ring (bicyclic) bond motifs is 1. The molecule has 2 aliphatic rings. The Labute approximate surface area is 191 Å². The van der Waals surface area contributed by atoms with E-state index in [0.717, 1.165) is 16.7 Å². The number of rotatable bonds is 5. The highest BCUT2D eigenvalue weighted by atomic mass is 16.2. The Bertz CT molecular complexity index is 1400. The second kappa shape index (κ2) is 8.56. The predicted octanol–water partition coefficient (Wildman–Crippen LogP) is 4.21. The van der Waals surface area contributed by atoms with E-state index in [0.29, 0.717) is 35.4 Å². The van der Waals surface area contributed by atoms with Crippen LogP contribution in [-0.2, 0) is 22.6 Å². The molecular weight excluding hydrogens is 412 g/mol. The highest BCUT2D eigenvalue weighted by molar-refractivity contribution is 6.12. The number of nitrogens with zero attached hydrogens (tertiary/aromatic N) is 3. The van der Waals surface area contributed by atoms with Gasteiger partial charge in [0.05, 0.1) is 30.1 Å². The Morgan fingerprint density at radius 3 is 2.73 bits per heavy atom. The first-order valence-corrected chi connectivity index (χ1v) is 10.7. The maximum Gasteiger partial charge on any atom is 0.255 e. The average molecular weight is 432 g/mol. The van der Waals surface area contributed by atoms with Crippen molar-refractivity contribution in [3.05, 3.63) is 112 Å². The molecule has 33 heavy (non-hydrogen) atoms. The van der Waals surface area contributed by atoms with Gasteiger partial charge in [-0.1, -0.05) is 48.6 Å². The molecule has 1 N–H and O–H groups in total. The quantitative estimate of drug-likeness (QED) is 0.654. The highest BCUT2D eigenvalue weighted by Crippen LogP contribution is 2.32. The summed E-state index contributed by atoms with van der Waals surface area (Å²) in [5.41, 5.74) is 6.53. The number of amides is 1. The number of allylic oxidation sites excluding steroid dienone is 3. The maximum absolute atomic E-state index is 12.9. The second-order valence-electron chi connectivity index (χ2n) is 8.08. The monoisotopic (exact) mass is 432 g/mol. The summed E-state index contributed by atoms with van der Waals surface area (Å²) in [6.45, 7) is 0.525. The number of hydrogen-bond acceptors (Lipinski definition) is 4. The van der Waals surface area contributed by atoms with Gasteiger partial charge in [-0.2, -0.15) is 10.4 Å². The molecule has 1 heterocycles. The van der Waals surface area contributed by atoms with Gasteiger partial charge in [-0.3, -0.25) is 14.3 Å². The maximum atomic E-state index is 12.9. The summed E-state index contributed by atoms with van der Waals surface area (Å²) in [5.74, 6) is -0.241. The van der Waals surface area contributed by atoms with Crippen LogP contribution < -0.4 is 5.32 Å². The molecule has 2 aromatic carbocycles. The van der Waals surface area contributed by atoms with E-state index in [2.05, 4.69) is 22.6 Å². The number of nitriles is 1. The summed E-state index contributed by atoms with van der Waals surface area (Å²) >= 11 is 0. The third kappa shape index (κ3) is 4.30. The van der Waals surface area contributed by atoms with Crippen molar-refractivity contribution in [2.75, 3.05) is 5.32 Å². The fraction of sp³-hybridized carbons (Fsp3) is 0.111. The van der Waals surface area contributed by atoms with Crippen LogP contribution in [0.5, 0.6) is 0 Å². The number of benzene rings is 2. The predicted molar refractivity (Wildman–Crippen MR) is 125 cm³/mol. The second-order valence-corrected chi connectivity index (χ2v) is 8.08. The number of carbonyl (C=O) groups is 2. The van der Waals surface area contributed by atoms with Gasteiger partial charge in [0, 0.05) is 23.8 Å². The third-order valence-corrected chi connectivity index (χ3v) is 5.80. The molecule has 6 heteroatoms. The van der Waals surface area contributed by atoms with Gasteiger partial charge < -0.3 is 5.32 Å². The topological polar surface area (TPSA) is 87.8 Å². The fourth-order valence-electron chi connectivity index (χ4n) is 4.08. The number of ketones is 1. The number of hydrogen-bond donors (Lipinski definition) is 1. The van der Waals surface area contributed by atoms with Crippen LogP contribution in [0.25, 0.3) is 6.08 Å². The van der Waals surface area contributed by atoms with Gasteiger partial charge >= 0.3 is 0 Å². The van der Waals surface area contributed by atoms with Crippen molar-refractivity contribution in [1.29, 1.82) is 5.26 Å². The van der Waals surface area contributed by atoms with Crippen LogP contribution in [0.3, 0.4) is 0 Å². The van der Waals surface area contributed by atoms with Crippen LogP contribution in [0.15, 0.2) is 89.8 Å². The lowest BCUT2D eigenvalue weighted by Gasteiger charge is -2.14. The average Bonchev–Trinajstić information content (AvgIpc) is 3.46. The molecule has 1 aromatic heterocycles. The van der Waals surface area contributed by atoms with Crippen molar-refractivity contribution in [2.24, 2.45) is 0 Å². The zero-order valence-electron chi connectivity index (χ0n) is 17.8. The first-order valence-electron chi connectivity index (χ1n) is 10.7. The largest absolute Gasteiger partial charge is 0.319 e. The standard InChI is InChI=1S/C27H20N4O2/c28-14-18-5-7-19(8-6-18)16-31-17-24(15-29-31)30-27(33)22-9-10-26(32)25(13-22)23-11-20-3-1-2-4-21(20)12-23/h1-9,11,13,15,17H,10,12,16H2,(H,30,33). The van der Waals surface area contributed by atoms with Gasteiger partial charge in [-0.05, 0) is 46.9 Å². The SMILES string of the molecule is N#Cc1ccc(Cn2cc(NC(=O)C3=CCC(=O)C(C4=Cc5ccccc5C4)=C3)cn2)cc1. The molecule has 0 aliphatic heterocycles. The molecule has 6 nitrogen and oxygen atoms in total. The summed E-state index contributed by atoms with van der Waals surface area (Å²) in [6.07, 6.45) is 9.66. The van der Waals surface area contributed by atoms with Crippen LogP contribution in [0.1, 0.15) is 28.7 Å². The van der Waals surface area contributed by atoms with E-state index in [1.54, 1.807) is 41.4 Å². The van der Waals surface area contributed by atoms with Gasteiger partial charge in [-0.15, -0.1) is 0 Å². The van der Waals surface area contributed by atoms with Crippen molar-refractivity contribution in [3.63, 3.8) is 0 Å². The summed E-state index contributed by atoms with van der Waals surface area (Å²) in [4.78, 5) is 25.4. The van der Waals surface area contributed by atoms with Crippen LogP contribution in [0.4, 0.5) is 5.69 Å². The molecule has 5 rings (SSSR count). The van der Waals surface area contributed by atoms with Crippen molar-refractivity contribution in [2.45, 2.75) is 19.4 Å². The lowest BCUT2D eigenvalue weighted by Crippen LogP contribution is -2.18. The molecule has 3 aromatic rings. The van der Waals surface area contributed by atoms with Crippen LogP contribution in [0.2, 0.25) is 0 Å². The molecule has 0 saturated carbocycles. The van der Waals surface area contributed by atoms with E-state index in [9.17, 15) is 9.59 Å². The van der Waals surface area contributed by atoms with Crippen molar-refractivity contribution in [1.82, 2.24) is 9.78 Å². The molecule has 0 spiro atoms. The van der Waals surface area contributed by atoms with E-state index in [4.69, 9.17) is 5.26 Å². The summed E-state index contributed by atoms with van der Waals surface area (Å²) in [7, 11) is 0. The minimum absolute atomic E-state index is 0.0286. The van der Waals surface area contributed by atoms with E-state index in [1.165, 1.54) is 5.56 Å². The molecule has 1 amide bonds. The molecule has 0 radical (unpaired) electrons. The molecule has 0 fully saturated rings. The summed E-state index contributed by atoms with van der Waals surface area (Å²) < 4.78 is 1.72. The zero-order valence-corrected chi connectivity index (χ0v) is 17.8. The number of carbonyl (C=O) groups excluding carboxylic acids is 2. The number of aromatic nitrogens is 2. The smallest absolute Gasteiger partial charge is 0.255 e. The molecule has 0 unspecified atom stereocenters. The number of anilines is 1. The first kappa shape index (κ1) is 20.4. The van der Waals surface area contributed by atoms with E-state index < -0.39 is 0 Å². The Balaban J connectivity index is 1.27. The van der Waals surface area contributed by atoms with Crippen molar-refractivity contribution >= 4 is 23.5 Å². The minimum atomic E-state index is -0.269. The summed E-state index contributed by atoms with van der Waals surface area (Å²) in [6, 6.07) is 17.5. The Kier molecular flexibility index (Phi) is 5.29. The van der Waals surface area contributed by atoms with Gasteiger partial charge in [0.25, 0.3) is 5.91 Å². The van der Waals surface area contributed by atoms with E-state index in [1.807, 2.05) is 36.4 Å². The van der Waals surface area contributed by atoms with Crippen LogP contribution in [-0.4, -0.2) is 21.5 Å². The fourth-order valence-corrected chi connectivity index (χ4v) is 4.08. The number of nitrogens with one attached hydrogen (secondary N) is 1. The lowest BCUT2D eigenvalue weighted by molar-refractivity contribution is -0.114. The highest BCUT2D eigenvalue weighted by Gasteiger charge is 2.24. The first-order chi connectivity index (χ1) is 16.1. The minimum Gasteiger partial charge on any atom is -0.319 e. The number of Topliss-reactive ketones (excluding diaryl/α,β-unsaturated/α-hetero) is 1. The molecular formula is C27H20N4O2. The van der Waals surface area contributed by atoms with Gasteiger partial charge in [0.15, 0.2) is 5.78 Å².